The van der Waals surface area contributed by atoms with Crippen LogP contribution in [-0.2, 0) is 0 Å². The summed E-state index contributed by atoms with van der Waals surface area (Å²) in [5, 5.41) is 0.560. The third-order valence-electron chi connectivity index (χ3n) is 1.25. The number of halogens is 1. The van der Waals surface area contributed by atoms with Crippen LogP contribution in [0.3, 0.4) is 0 Å². The predicted molar refractivity (Wildman–Crippen MR) is 42.1 cm³/mol. The summed E-state index contributed by atoms with van der Waals surface area (Å²) < 4.78 is 0. The fourth-order valence-corrected chi connectivity index (χ4v) is 0.566. The van der Waals surface area contributed by atoms with Gasteiger partial charge >= 0.3 is 0 Å². The molecule has 0 saturated heterocycles. The first kappa shape index (κ1) is 8.76. The van der Waals surface area contributed by atoms with Gasteiger partial charge in [0.15, 0.2) is 5.29 Å². The Hall–Kier alpha value is -0.240. The van der Waals surface area contributed by atoms with Gasteiger partial charge in [0.2, 0.25) is 0 Å². The van der Waals surface area contributed by atoms with Gasteiger partial charge in [-0.05, 0) is 25.4 Å². The molecule has 0 spiro atoms. The fourth-order valence-electron chi connectivity index (χ4n) is 0.371. The summed E-state index contributed by atoms with van der Waals surface area (Å²) in [4.78, 5) is 5.72. The van der Waals surface area contributed by atoms with Crippen molar-refractivity contribution in [2.75, 3.05) is 14.1 Å². The Kier molecular flexibility index (Phi) is 3.62. The first-order valence-electron chi connectivity index (χ1n) is 2.94. The van der Waals surface area contributed by atoms with E-state index in [-0.39, 0.29) is 0 Å². The maximum atomic E-state index is 5.69. The number of hydrogen-bond acceptors (Lipinski definition) is 1. The van der Waals surface area contributed by atoms with Crippen LogP contribution in [-0.4, -0.2) is 30.3 Å². The number of aliphatic imine (C=N–C) groups is 1. The van der Waals surface area contributed by atoms with Crippen LogP contribution in [0.25, 0.3) is 0 Å². The third kappa shape index (κ3) is 2.70. The Morgan fingerprint density at radius 2 is 2.00 bits per heavy atom. The smallest absolute Gasteiger partial charge is 0.193 e. The first-order valence-corrected chi connectivity index (χ1v) is 3.32. The van der Waals surface area contributed by atoms with Gasteiger partial charge in [-0.3, -0.25) is 4.99 Å². The molecule has 0 aromatic rings. The van der Waals surface area contributed by atoms with Crippen LogP contribution in [0.1, 0.15) is 13.8 Å². The quantitative estimate of drug-likeness (QED) is 0.313. The highest BCUT2D eigenvalue weighted by Gasteiger charge is 2.04. The van der Waals surface area contributed by atoms with Crippen molar-refractivity contribution in [2.24, 2.45) is 4.99 Å². The first-order chi connectivity index (χ1) is 4.09. The van der Waals surface area contributed by atoms with E-state index in [1.165, 1.54) is 0 Å². The summed E-state index contributed by atoms with van der Waals surface area (Å²) >= 11 is 5.69. The average Bonchev–Trinajstić information content (AvgIpc) is 1.84. The van der Waals surface area contributed by atoms with Gasteiger partial charge in [0, 0.05) is 20.1 Å². The molecule has 2 nitrogen and oxygen atoms in total. The van der Waals surface area contributed by atoms with Crippen LogP contribution in [0.2, 0.25) is 0 Å². The van der Waals surface area contributed by atoms with Crippen LogP contribution in [0.5, 0.6) is 0 Å². The van der Waals surface area contributed by atoms with E-state index < -0.39 is 0 Å². The van der Waals surface area contributed by atoms with Crippen molar-refractivity contribution in [3.05, 3.63) is 0 Å². The van der Waals surface area contributed by atoms with Crippen LogP contribution >= 0.6 is 11.6 Å². The lowest BCUT2D eigenvalue weighted by Gasteiger charge is -2.20. The van der Waals surface area contributed by atoms with Gasteiger partial charge in [-0.2, -0.15) is 0 Å². The number of hydrogen-bond donors (Lipinski definition) is 0. The molecule has 0 aromatic heterocycles. The van der Waals surface area contributed by atoms with Gasteiger partial charge in [0.05, 0.1) is 0 Å². The Bertz CT molecular complexity index is 110. The fraction of sp³-hybridized carbons (Fsp3) is 0.833. The molecule has 0 radical (unpaired) electrons. The van der Waals surface area contributed by atoms with Gasteiger partial charge in [-0.15, -0.1) is 0 Å². The summed E-state index contributed by atoms with van der Waals surface area (Å²) in [6, 6.07) is 0.418. The van der Waals surface area contributed by atoms with Crippen LogP contribution in [0, 0.1) is 0 Å². The number of nitrogens with zero attached hydrogens (tertiary/aromatic N) is 2. The molecular weight excluding hydrogens is 136 g/mol. The minimum atomic E-state index is 0.418. The zero-order valence-corrected chi connectivity index (χ0v) is 7.11. The normalized spacial score (nSPS) is 12.4. The molecule has 0 aliphatic heterocycles. The van der Waals surface area contributed by atoms with Gasteiger partial charge in [0.1, 0.15) is 0 Å². The second-order valence-electron chi connectivity index (χ2n) is 2.20. The molecule has 0 atom stereocenters. The number of rotatable bonds is 1. The lowest BCUT2D eigenvalue weighted by Crippen LogP contribution is -2.29. The topological polar surface area (TPSA) is 15.6 Å². The minimum Gasteiger partial charge on any atom is -0.348 e. The van der Waals surface area contributed by atoms with E-state index in [4.69, 9.17) is 11.6 Å². The maximum absolute atomic E-state index is 5.69. The van der Waals surface area contributed by atoms with Crippen LogP contribution in [0.4, 0.5) is 0 Å². The van der Waals surface area contributed by atoms with Crippen molar-refractivity contribution < 1.29 is 0 Å². The molecule has 0 unspecified atom stereocenters. The van der Waals surface area contributed by atoms with Gasteiger partial charge in [0.25, 0.3) is 0 Å². The molecule has 0 fully saturated rings. The predicted octanol–water partition coefficient (Wildman–Crippen LogP) is 1.55. The van der Waals surface area contributed by atoms with Crippen LogP contribution in [0.15, 0.2) is 4.99 Å². The Morgan fingerprint density at radius 1 is 1.56 bits per heavy atom. The molecule has 0 saturated carbocycles. The highest BCUT2D eigenvalue weighted by atomic mass is 35.5. The molecule has 0 N–H and O–H groups in total. The van der Waals surface area contributed by atoms with E-state index in [9.17, 15) is 0 Å². The summed E-state index contributed by atoms with van der Waals surface area (Å²) in [5.74, 6) is 0. The number of amidine groups is 1. The van der Waals surface area contributed by atoms with Crippen molar-refractivity contribution in [1.29, 1.82) is 0 Å². The SMILES string of the molecule is C/N=C(/Cl)N(C)C(C)C. The van der Waals surface area contributed by atoms with Crippen molar-refractivity contribution in [3.63, 3.8) is 0 Å². The Balaban J connectivity index is 3.88. The summed E-state index contributed by atoms with van der Waals surface area (Å²) in [7, 11) is 3.60. The lowest BCUT2D eigenvalue weighted by molar-refractivity contribution is 0.424. The van der Waals surface area contributed by atoms with Crippen molar-refractivity contribution in [2.45, 2.75) is 19.9 Å². The monoisotopic (exact) mass is 148 g/mol. The highest BCUT2D eigenvalue weighted by Crippen LogP contribution is 1.98. The van der Waals surface area contributed by atoms with Crippen LogP contribution < -0.4 is 0 Å². The van der Waals surface area contributed by atoms with E-state index in [1.807, 2.05) is 11.9 Å². The van der Waals surface area contributed by atoms with E-state index >= 15 is 0 Å². The van der Waals surface area contributed by atoms with E-state index in [0.29, 0.717) is 11.3 Å². The minimum absolute atomic E-state index is 0.418. The Labute approximate surface area is 61.5 Å². The Morgan fingerprint density at radius 3 is 2.11 bits per heavy atom. The second kappa shape index (κ2) is 3.72. The standard InChI is InChI=1S/C6H13ClN2/c1-5(2)9(4)6(7)8-3/h5H,1-4H3/b8-6-. The molecule has 0 aromatic carbocycles. The highest BCUT2D eigenvalue weighted by molar-refractivity contribution is 6.64. The summed E-state index contributed by atoms with van der Waals surface area (Å²) in [5.41, 5.74) is 0. The molecule has 54 valence electrons. The largest absolute Gasteiger partial charge is 0.348 e. The second-order valence-corrected chi connectivity index (χ2v) is 2.54. The molecule has 3 heteroatoms. The molecule has 0 rings (SSSR count). The third-order valence-corrected chi connectivity index (χ3v) is 1.69. The van der Waals surface area contributed by atoms with E-state index in [0.717, 1.165) is 0 Å². The molecule has 9 heavy (non-hydrogen) atoms. The lowest BCUT2D eigenvalue weighted by atomic mass is 10.4. The maximum Gasteiger partial charge on any atom is 0.193 e. The molecule has 0 heterocycles. The van der Waals surface area contributed by atoms with Crippen molar-refractivity contribution in [3.8, 4) is 0 Å². The zero-order chi connectivity index (χ0) is 7.44. The molecule has 0 aliphatic rings. The molecular formula is C6H13ClN2. The summed E-state index contributed by atoms with van der Waals surface area (Å²) in [6.07, 6.45) is 0. The van der Waals surface area contributed by atoms with Crippen molar-refractivity contribution in [1.82, 2.24) is 4.90 Å². The molecule has 0 bridgehead atoms. The molecule has 0 aliphatic carbocycles. The van der Waals surface area contributed by atoms with Crippen molar-refractivity contribution >= 4 is 16.9 Å². The van der Waals surface area contributed by atoms with Gasteiger partial charge in [-0.1, -0.05) is 0 Å². The molecule has 0 amide bonds. The van der Waals surface area contributed by atoms with E-state index in [1.54, 1.807) is 7.05 Å². The average molecular weight is 149 g/mol. The van der Waals surface area contributed by atoms with E-state index in [2.05, 4.69) is 18.8 Å². The summed E-state index contributed by atoms with van der Waals surface area (Å²) in [6.45, 7) is 4.13. The van der Waals surface area contributed by atoms with Gasteiger partial charge in [-0.25, -0.2) is 0 Å². The zero-order valence-electron chi connectivity index (χ0n) is 6.35. The van der Waals surface area contributed by atoms with Gasteiger partial charge < -0.3 is 4.90 Å².